The number of benzene rings is 2. The van der Waals surface area contributed by atoms with E-state index in [2.05, 4.69) is 25.7 Å². The lowest BCUT2D eigenvalue weighted by Crippen LogP contribution is -2.04. The fourth-order valence-corrected chi connectivity index (χ4v) is 2.85. The van der Waals surface area contributed by atoms with Crippen LogP contribution in [0.25, 0.3) is 11.0 Å². The lowest BCUT2D eigenvalue weighted by atomic mass is 10.2. The zero-order chi connectivity index (χ0) is 19.5. The van der Waals surface area contributed by atoms with Crippen LogP contribution in [0.3, 0.4) is 0 Å². The van der Waals surface area contributed by atoms with E-state index in [1.165, 1.54) is 0 Å². The number of anilines is 4. The first kappa shape index (κ1) is 17.6. The summed E-state index contributed by atoms with van der Waals surface area (Å²) in [6.07, 6.45) is 1.75. The van der Waals surface area contributed by atoms with Crippen LogP contribution in [0.2, 0.25) is 0 Å². The molecule has 0 amide bonds. The van der Waals surface area contributed by atoms with Crippen LogP contribution in [0, 0.1) is 0 Å². The molecule has 0 aliphatic rings. The molecule has 0 bridgehead atoms. The third kappa shape index (κ3) is 3.39. The van der Waals surface area contributed by atoms with Gasteiger partial charge in [-0.15, -0.1) is 0 Å². The minimum absolute atomic E-state index is 0.429. The second kappa shape index (κ2) is 7.43. The molecule has 0 spiro atoms. The Hall–Kier alpha value is -3.81. The summed E-state index contributed by atoms with van der Waals surface area (Å²) in [6, 6.07) is 15.3. The van der Waals surface area contributed by atoms with E-state index < -0.39 is 0 Å². The summed E-state index contributed by atoms with van der Waals surface area (Å²) in [4.78, 5) is 9.25. The molecule has 142 valence electrons. The van der Waals surface area contributed by atoms with Crippen molar-refractivity contribution in [2.75, 3.05) is 24.9 Å². The quantitative estimate of drug-likeness (QED) is 0.528. The van der Waals surface area contributed by atoms with Gasteiger partial charge in [0.25, 0.3) is 0 Å². The summed E-state index contributed by atoms with van der Waals surface area (Å²) < 4.78 is 12.4. The molecule has 8 nitrogen and oxygen atoms in total. The van der Waals surface area contributed by atoms with Crippen molar-refractivity contribution in [1.82, 2.24) is 19.7 Å². The van der Waals surface area contributed by atoms with Gasteiger partial charge in [0.05, 0.1) is 31.5 Å². The standard InChI is InChI=1S/C20H20N6O2/c1-26-19-15(12-21-26)18(22-13-7-5-4-6-8-13)24-20(25-19)23-16-10-9-14(27-2)11-17(16)28-3/h4-12H,1-3H3,(H2,22,23,24,25). The van der Waals surface area contributed by atoms with E-state index in [-0.39, 0.29) is 0 Å². The highest BCUT2D eigenvalue weighted by Gasteiger charge is 2.14. The molecule has 8 heteroatoms. The summed E-state index contributed by atoms with van der Waals surface area (Å²) in [5.74, 6) is 2.43. The molecule has 0 saturated heterocycles. The number of nitrogens with one attached hydrogen (secondary N) is 2. The van der Waals surface area contributed by atoms with Crippen LogP contribution in [-0.4, -0.2) is 34.0 Å². The molecule has 4 rings (SSSR count). The number of para-hydroxylation sites is 1. The SMILES string of the molecule is COc1ccc(Nc2nc(Nc3ccccc3)c3cnn(C)c3n2)c(OC)c1. The van der Waals surface area contributed by atoms with Crippen LogP contribution < -0.4 is 20.1 Å². The van der Waals surface area contributed by atoms with Crippen LogP contribution in [0.1, 0.15) is 0 Å². The Morgan fingerprint density at radius 2 is 1.75 bits per heavy atom. The molecule has 0 aliphatic heterocycles. The van der Waals surface area contributed by atoms with Crippen LogP contribution >= 0.6 is 0 Å². The first-order valence-corrected chi connectivity index (χ1v) is 8.69. The lowest BCUT2D eigenvalue weighted by Gasteiger charge is -2.13. The molecule has 0 fully saturated rings. The second-order valence-corrected chi connectivity index (χ2v) is 6.08. The number of fused-ring (bicyclic) bond motifs is 1. The molecule has 0 radical (unpaired) electrons. The van der Waals surface area contributed by atoms with Crippen molar-refractivity contribution in [2.24, 2.45) is 7.05 Å². The number of methoxy groups -OCH3 is 2. The Labute approximate surface area is 162 Å². The summed E-state index contributed by atoms with van der Waals surface area (Å²) in [5, 5.41) is 11.7. The molecule has 2 aromatic heterocycles. The molecule has 28 heavy (non-hydrogen) atoms. The molecule has 0 aliphatic carbocycles. The number of hydrogen-bond donors (Lipinski definition) is 2. The van der Waals surface area contributed by atoms with E-state index in [1.807, 2.05) is 49.5 Å². The Morgan fingerprint density at radius 1 is 0.929 bits per heavy atom. The zero-order valence-corrected chi connectivity index (χ0v) is 15.8. The number of nitrogens with zero attached hydrogens (tertiary/aromatic N) is 4. The van der Waals surface area contributed by atoms with E-state index in [0.29, 0.717) is 28.9 Å². The average molecular weight is 376 g/mol. The van der Waals surface area contributed by atoms with Gasteiger partial charge in [-0.25, -0.2) is 0 Å². The molecule has 2 aromatic carbocycles. The first-order chi connectivity index (χ1) is 13.7. The highest BCUT2D eigenvalue weighted by atomic mass is 16.5. The Morgan fingerprint density at radius 3 is 2.50 bits per heavy atom. The predicted molar refractivity (Wildman–Crippen MR) is 109 cm³/mol. The lowest BCUT2D eigenvalue weighted by molar-refractivity contribution is 0.395. The topological polar surface area (TPSA) is 86.1 Å². The molecule has 2 heterocycles. The summed E-state index contributed by atoms with van der Waals surface area (Å²) in [7, 11) is 5.07. The maximum absolute atomic E-state index is 5.45. The van der Waals surface area contributed by atoms with Crippen molar-refractivity contribution < 1.29 is 9.47 Å². The summed E-state index contributed by atoms with van der Waals surface area (Å²) in [5.41, 5.74) is 2.37. The van der Waals surface area contributed by atoms with E-state index in [4.69, 9.17) is 9.47 Å². The summed E-state index contributed by atoms with van der Waals surface area (Å²) in [6.45, 7) is 0. The largest absolute Gasteiger partial charge is 0.497 e. The van der Waals surface area contributed by atoms with Crippen molar-refractivity contribution in [2.45, 2.75) is 0 Å². The predicted octanol–water partition coefficient (Wildman–Crippen LogP) is 3.87. The van der Waals surface area contributed by atoms with Crippen molar-refractivity contribution >= 4 is 34.2 Å². The van der Waals surface area contributed by atoms with Gasteiger partial charge in [0.1, 0.15) is 17.3 Å². The Bertz CT molecular complexity index is 1110. The number of hydrogen-bond acceptors (Lipinski definition) is 7. The molecule has 0 unspecified atom stereocenters. The van der Waals surface area contributed by atoms with Gasteiger partial charge in [-0.05, 0) is 24.3 Å². The summed E-state index contributed by atoms with van der Waals surface area (Å²) >= 11 is 0. The maximum atomic E-state index is 5.45. The van der Waals surface area contributed by atoms with Gasteiger partial charge in [-0.3, -0.25) is 4.68 Å². The van der Waals surface area contributed by atoms with E-state index in [1.54, 1.807) is 31.2 Å². The smallest absolute Gasteiger partial charge is 0.231 e. The first-order valence-electron chi connectivity index (χ1n) is 8.69. The fraction of sp³-hybridized carbons (Fsp3) is 0.150. The van der Waals surface area contributed by atoms with E-state index in [0.717, 1.165) is 16.8 Å². The van der Waals surface area contributed by atoms with Gasteiger partial charge in [0.15, 0.2) is 5.65 Å². The monoisotopic (exact) mass is 376 g/mol. The number of aryl methyl sites for hydroxylation is 1. The van der Waals surface area contributed by atoms with Crippen LogP contribution in [0.4, 0.5) is 23.1 Å². The van der Waals surface area contributed by atoms with Crippen LogP contribution in [0.5, 0.6) is 11.5 Å². The normalized spacial score (nSPS) is 10.7. The van der Waals surface area contributed by atoms with Crippen molar-refractivity contribution in [3.63, 3.8) is 0 Å². The average Bonchev–Trinajstić information content (AvgIpc) is 3.10. The molecule has 0 atom stereocenters. The van der Waals surface area contributed by atoms with Crippen LogP contribution in [-0.2, 0) is 7.05 Å². The maximum Gasteiger partial charge on any atom is 0.231 e. The molecule has 4 aromatic rings. The van der Waals surface area contributed by atoms with Gasteiger partial charge in [0, 0.05) is 18.8 Å². The van der Waals surface area contributed by atoms with Crippen molar-refractivity contribution in [3.05, 3.63) is 54.7 Å². The Kier molecular flexibility index (Phi) is 4.67. The zero-order valence-electron chi connectivity index (χ0n) is 15.8. The van der Waals surface area contributed by atoms with Crippen molar-refractivity contribution in [3.8, 4) is 11.5 Å². The molecular formula is C20H20N6O2. The van der Waals surface area contributed by atoms with E-state index >= 15 is 0 Å². The van der Waals surface area contributed by atoms with Gasteiger partial charge < -0.3 is 20.1 Å². The van der Waals surface area contributed by atoms with Gasteiger partial charge in [-0.1, -0.05) is 18.2 Å². The highest BCUT2D eigenvalue weighted by molar-refractivity contribution is 5.89. The van der Waals surface area contributed by atoms with Crippen LogP contribution in [0.15, 0.2) is 54.7 Å². The fourth-order valence-electron chi connectivity index (χ4n) is 2.85. The third-order valence-corrected chi connectivity index (χ3v) is 4.28. The van der Waals surface area contributed by atoms with Gasteiger partial charge in [0.2, 0.25) is 5.95 Å². The van der Waals surface area contributed by atoms with Gasteiger partial charge >= 0.3 is 0 Å². The molecule has 2 N–H and O–H groups in total. The highest BCUT2D eigenvalue weighted by Crippen LogP contribution is 2.32. The minimum Gasteiger partial charge on any atom is -0.497 e. The minimum atomic E-state index is 0.429. The van der Waals surface area contributed by atoms with Gasteiger partial charge in [-0.2, -0.15) is 15.1 Å². The Balaban J connectivity index is 1.74. The van der Waals surface area contributed by atoms with Crippen molar-refractivity contribution in [1.29, 1.82) is 0 Å². The number of ether oxygens (including phenoxy) is 2. The molecular weight excluding hydrogens is 356 g/mol. The third-order valence-electron chi connectivity index (χ3n) is 4.28. The second-order valence-electron chi connectivity index (χ2n) is 6.08. The molecule has 0 saturated carbocycles. The number of rotatable bonds is 6. The number of aromatic nitrogens is 4. The van der Waals surface area contributed by atoms with E-state index in [9.17, 15) is 0 Å².